The molecule has 0 bridgehead atoms. The van der Waals surface area contributed by atoms with Gasteiger partial charge in [0.2, 0.25) is 0 Å². The zero-order valence-corrected chi connectivity index (χ0v) is 15.8. The first-order chi connectivity index (χ1) is 15.0. The lowest BCUT2D eigenvalue weighted by Gasteiger charge is -2.11. The summed E-state index contributed by atoms with van der Waals surface area (Å²) in [6.07, 6.45) is -9.81. The first kappa shape index (κ1) is 22.8. The fourth-order valence-electron chi connectivity index (χ4n) is 2.55. The van der Waals surface area contributed by atoms with Gasteiger partial charge in [0.15, 0.2) is 5.78 Å². The lowest BCUT2D eigenvalue weighted by atomic mass is 10.0. The Balaban J connectivity index is 1.92. The summed E-state index contributed by atoms with van der Waals surface area (Å²) >= 11 is 0. The molecule has 32 heavy (non-hydrogen) atoms. The van der Waals surface area contributed by atoms with E-state index in [0.29, 0.717) is 0 Å². The number of hydrogen-bond donors (Lipinski definition) is 0. The molecule has 0 aromatic heterocycles. The van der Waals surface area contributed by atoms with E-state index in [1.807, 2.05) is 0 Å². The maximum absolute atomic E-state index is 12.8. The molecular weight excluding hydrogens is 442 g/mol. The predicted octanol–water partition coefficient (Wildman–Crippen LogP) is 7.13. The van der Waals surface area contributed by atoms with Gasteiger partial charge >= 0.3 is 12.7 Å². The molecule has 0 unspecified atom stereocenters. The van der Waals surface area contributed by atoms with Crippen LogP contribution in [0, 0.1) is 0 Å². The molecule has 3 aromatic carbocycles. The quantitative estimate of drug-likeness (QED) is 0.226. The van der Waals surface area contributed by atoms with Gasteiger partial charge < -0.3 is 9.47 Å². The molecule has 5 nitrogen and oxygen atoms in total. The van der Waals surface area contributed by atoms with Crippen molar-refractivity contribution in [1.29, 1.82) is 0 Å². The van der Waals surface area contributed by atoms with Crippen LogP contribution in [0.1, 0.15) is 15.9 Å². The van der Waals surface area contributed by atoms with Crippen molar-refractivity contribution in [3.8, 4) is 11.5 Å². The van der Waals surface area contributed by atoms with Crippen molar-refractivity contribution in [3.05, 3.63) is 83.9 Å². The summed E-state index contributed by atoms with van der Waals surface area (Å²) in [4.78, 5) is 12.8. The summed E-state index contributed by atoms with van der Waals surface area (Å²) in [6, 6.07) is 15.1. The lowest BCUT2D eigenvalue weighted by molar-refractivity contribution is -0.275. The Morgan fingerprint density at radius 3 is 1.84 bits per heavy atom. The average Bonchev–Trinajstić information content (AvgIpc) is 2.72. The second-order valence-corrected chi connectivity index (χ2v) is 6.16. The van der Waals surface area contributed by atoms with Crippen LogP contribution in [0.3, 0.4) is 0 Å². The van der Waals surface area contributed by atoms with Gasteiger partial charge in [0, 0.05) is 5.56 Å². The van der Waals surface area contributed by atoms with Crippen LogP contribution in [0.15, 0.2) is 83.0 Å². The first-order valence-electron chi connectivity index (χ1n) is 8.77. The molecule has 0 fully saturated rings. The van der Waals surface area contributed by atoms with Crippen LogP contribution in [-0.4, -0.2) is 18.5 Å². The summed E-state index contributed by atoms with van der Waals surface area (Å²) in [5, 5.41) is 7.70. The smallest absolute Gasteiger partial charge is 0.406 e. The largest absolute Gasteiger partial charge is 0.573 e. The van der Waals surface area contributed by atoms with E-state index in [1.165, 1.54) is 24.3 Å². The number of rotatable bonds is 6. The zero-order chi connectivity index (χ0) is 23.4. The maximum atomic E-state index is 12.8. The number of alkyl halides is 6. The monoisotopic (exact) mass is 454 g/mol. The third kappa shape index (κ3) is 6.56. The van der Waals surface area contributed by atoms with Gasteiger partial charge in [0.05, 0.1) is 16.9 Å². The third-order valence-corrected chi connectivity index (χ3v) is 3.83. The number of nitrogens with zero attached hydrogens (tertiary/aromatic N) is 2. The third-order valence-electron chi connectivity index (χ3n) is 3.83. The fourth-order valence-corrected chi connectivity index (χ4v) is 2.55. The fraction of sp³-hybridized carbons (Fsp3) is 0.0952. The van der Waals surface area contributed by atoms with E-state index in [0.717, 1.165) is 30.3 Å². The number of ether oxygens (including phenoxy) is 2. The molecule has 3 rings (SSSR count). The topological polar surface area (TPSA) is 60.2 Å². The van der Waals surface area contributed by atoms with Gasteiger partial charge in [-0.05, 0) is 42.5 Å². The van der Waals surface area contributed by atoms with Crippen molar-refractivity contribution in [2.45, 2.75) is 12.7 Å². The van der Waals surface area contributed by atoms with Gasteiger partial charge in [-0.1, -0.05) is 30.3 Å². The summed E-state index contributed by atoms with van der Waals surface area (Å²) in [6.45, 7) is 0. The molecule has 0 amide bonds. The van der Waals surface area contributed by atoms with E-state index >= 15 is 0 Å². The molecule has 3 aromatic rings. The Kier molecular flexibility index (Phi) is 6.47. The highest BCUT2D eigenvalue weighted by Crippen LogP contribution is 2.32. The van der Waals surface area contributed by atoms with Gasteiger partial charge in [-0.3, -0.25) is 4.79 Å². The molecule has 0 aliphatic carbocycles. The number of azo groups is 1. The van der Waals surface area contributed by atoms with Crippen LogP contribution >= 0.6 is 0 Å². The highest BCUT2D eigenvalue weighted by Gasteiger charge is 2.32. The number of carbonyl (C=O) groups is 1. The summed E-state index contributed by atoms with van der Waals surface area (Å²) < 4.78 is 82.0. The van der Waals surface area contributed by atoms with Crippen molar-refractivity contribution in [2.24, 2.45) is 10.2 Å². The highest BCUT2D eigenvalue weighted by molar-refractivity contribution is 6.12. The molecular formula is C21H12F6N2O3. The van der Waals surface area contributed by atoms with E-state index < -0.39 is 30.0 Å². The van der Waals surface area contributed by atoms with Crippen LogP contribution in [0.4, 0.5) is 37.7 Å². The zero-order valence-electron chi connectivity index (χ0n) is 15.8. The van der Waals surface area contributed by atoms with Gasteiger partial charge in [-0.2, -0.15) is 5.11 Å². The molecule has 166 valence electrons. The number of hydrogen-bond acceptors (Lipinski definition) is 5. The van der Waals surface area contributed by atoms with E-state index in [1.54, 1.807) is 18.2 Å². The van der Waals surface area contributed by atoms with Crippen molar-refractivity contribution < 1.29 is 40.6 Å². The number of carbonyl (C=O) groups excluding carboxylic acids is 1. The van der Waals surface area contributed by atoms with Crippen molar-refractivity contribution in [3.63, 3.8) is 0 Å². The van der Waals surface area contributed by atoms with E-state index in [9.17, 15) is 31.1 Å². The number of ketones is 1. The predicted molar refractivity (Wildman–Crippen MR) is 100 cm³/mol. The van der Waals surface area contributed by atoms with Gasteiger partial charge in [0.25, 0.3) is 0 Å². The summed E-state index contributed by atoms with van der Waals surface area (Å²) in [5.41, 5.74) is 0.0396. The normalized spacial score (nSPS) is 12.1. The van der Waals surface area contributed by atoms with Gasteiger partial charge in [0.1, 0.15) is 11.5 Å². The highest BCUT2D eigenvalue weighted by atomic mass is 19.4. The van der Waals surface area contributed by atoms with Crippen LogP contribution in [0.5, 0.6) is 11.5 Å². The van der Waals surface area contributed by atoms with Crippen molar-refractivity contribution in [1.82, 2.24) is 0 Å². The minimum Gasteiger partial charge on any atom is -0.406 e. The van der Waals surface area contributed by atoms with E-state index in [4.69, 9.17) is 0 Å². The Labute approximate surface area is 176 Å². The molecule has 11 heteroatoms. The van der Waals surface area contributed by atoms with Crippen LogP contribution in [-0.2, 0) is 0 Å². The molecule has 0 radical (unpaired) electrons. The van der Waals surface area contributed by atoms with Crippen LogP contribution in [0.2, 0.25) is 0 Å². The second-order valence-electron chi connectivity index (χ2n) is 6.16. The van der Waals surface area contributed by atoms with E-state index in [2.05, 4.69) is 19.7 Å². The standard InChI is InChI=1S/C21H12F6N2O3/c22-20(23,24)31-15-8-6-14(7-9-15)28-29-18-11-10-16(32-21(25,26)27)12-17(18)19(30)13-4-2-1-3-5-13/h1-12H. The Morgan fingerprint density at radius 2 is 1.25 bits per heavy atom. The Hall–Kier alpha value is -3.89. The van der Waals surface area contributed by atoms with Gasteiger partial charge in [-0.25, -0.2) is 0 Å². The minimum absolute atomic E-state index is 0.0657. The Morgan fingerprint density at radius 1 is 0.688 bits per heavy atom. The second kappa shape index (κ2) is 9.08. The summed E-state index contributed by atoms with van der Waals surface area (Å²) in [5.74, 6) is -1.71. The molecule has 0 spiro atoms. The van der Waals surface area contributed by atoms with Crippen molar-refractivity contribution in [2.75, 3.05) is 0 Å². The Bertz CT molecular complexity index is 1110. The SMILES string of the molecule is O=C(c1ccccc1)c1cc(OC(F)(F)F)ccc1N=Nc1ccc(OC(F)(F)F)cc1. The molecule has 0 aliphatic rings. The van der Waals surface area contributed by atoms with Crippen LogP contribution < -0.4 is 9.47 Å². The van der Waals surface area contributed by atoms with Gasteiger partial charge in [-0.15, -0.1) is 31.5 Å². The molecule has 0 heterocycles. The average molecular weight is 454 g/mol. The first-order valence-corrected chi connectivity index (χ1v) is 8.77. The molecule has 0 saturated carbocycles. The maximum Gasteiger partial charge on any atom is 0.573 e. The molecule has 0 saturated heterocycles. The minimum atomic E-state index is -4.96. The van der Waals surface area contributed by atoms with E-state index in [-0.39, 0.29) is 22.5 Å². The molecule has 0 aliphatic heterocycles. The summed E-state index contributed by atoms with van der Waals surface area (Å²) in [7, 11) is 0. The van der Waals surface area contributed by atoms with Crippen LogP contribution in [0.25, 0.3) is 0 Å². The van der Waals surface area contributed by atoms with Crippen molar-refractivity contribution >= 4 is 17.2 Å². The lowest BCUT2D eigenvalue weighted by Crippen LogP contribution is -2.17. The molecule has 0 N–H and O–H groups in total. The number of benzene rings is 3. The number of halogens is 6. The molecule has 0 atom stereocenters.